The number of nitrogens with one attached hydrogen (secondary N) is 1. The molecule has 4 aromatic rings. The van der Waals surface area contributed by atoms with Crippen molar-refractivity contribution in [1.82, 2.24) is 0 Å². The molecule has 0 fully saturated rings. The lowest BCUT2D eigenvalue weighted by molar-refractivity contribution is -0.137. The number of thiophene rings is 1. The zero-order valence-corrected chi connectivity index (χ0v) is 19.4. The Labute approximate surface area is 205 Å². The van der Waals surface area contributed by atoms with Gasteiger partial charge in [0.05, 0.1) is 16.3 Å². The van der Waals surface area contributed by atoms with Crippen LogP contribution in [-0.4, -0.2) is 11.9 Å². The number of alkyl halides is 3. The van der Waals surface area contributed by atoms with Gasteiger partial charge in [0.25, 0.3) is 5.91 Å². The Hall–Kier alpha value is -3.07. The summed E-state index contributed by atoms with van der Waals surface area (Å²) in [6.45, 7) is 0. The Balaban J connectivity index is 1.67. The summed E-state index contributed by atoms with van der Waals surface area (Å²) in [5, 5.41) is 2.90. The molecule has 34 heavy (non-hydrogen) atoms. The number of esters is 1. The number of hydrogen-bond acceptors (Lipinski definition) is 4. The lowest BCUT2D eigenvalue weighted by atomic mass is 10.1. The van der Waals surface area contributed by atoms with Crippen molar-refractivity contribution >= 4 is 62.2 Å². The topological polar surface area (TPSA) is 55.4 Å². The average molecular weight is 524 g/mol. The minimum Gasteiger partial charge on any atom is -0.443 e. The maximum Gasteiger partial charge on any atom is 0.418 e. The second-order valence-electron chi connectivity index (χ2n) is 7.11. The van der Waals surface area contributed by atoms with E-state index in [9.17, 15) is 22.8 Å². The van der Waals surface area contributed by atoms with Gasteiger partial charge in [-0.15, -0.1) is 11.3 Å². The fourth-order valence-electron chi connectivity index (χ4n) is 3.26. The quantitative estimate of drug-likeness (QED) is 0.272. The van der Waals surface area contributed by atoms with Crippen LogP contribution in [-0.2, 0) is 15.7 Å². The number of carbonyl (C=O) groups excluding carboxylic acids is 2. The van der Waals surface area contributed by atoms with Gasteiger partial charge in [-0.25, -0.2) is 4.79 Å². The molecule has 1 N–H and O–H groups in total. The first-order valence-electron chi connectivity index (χ1n) is 9.75. The lowest BCUT2D eigenvalue weighted by Crippen LogP contribution is -2.27. The van der Waals surface area contributed by atoms with Crippen LogP contribution < -0.4 is 5.32 Å². The van der Waals surface area contributed by atoms with Crippen molar-refractivity contribution in [3.63, 3.8) is 0 Å². The molecule has 10 heteroatoms. The van der Waals surface area contributed by atoms with Gasteiger partial charge in [-0.1, -0.05) is 71.7 Å². The molecule has 1 aromatic heterocycles. The second-order valence-corrected chi connectivity index (χ2v) is 8.98. The smallest absolute Gasteiger partial charge is 0.418 e. The molecule has 0 saturated heterocycles. The minimum atomic E-state index is -4.77. The predicted molar refractivity (Wildman–Crippen MR) is 127 cm³/mol. The third-order valence-electron chi connectivity index (χ3n) is 4.83. The van der Waals surface area contributed by atoms with E-state index in [1.807, 2.05) is 0 Å². The van der Waals surface area contributed by atoms with Crippen LogP contribution >= 0.6 is 34.5 Å². The van der Waals surface area contributed by atoms with Crippen molar-refractivity contribution in [2.75, 3.05) is 5.32 Å². The first-order valence-corrected chi connectivity index (χ1v) is 11.3. The SMILES string of the molecule is O=C(O[C@H](C(=O)Nc1ccc(Cl)cc1C(F)(F)F)c1ccccc1)c1sc2ccccc2c1Cl. The summed E-state index contributed by atoms with van der Waals surface area (Å²) in [6.07, 6.45) is -6.30. The third-order valence-corrected chi connectivity index (χ3v) is 6.72. The molecule has 1 heterocycles. The van der Waals surface area contributed by atoms with Crippen LogP contribution in [0, 0.1) is 0 Å². The van der Waals surface area contributed by atoms with Crippen molar-refractivity contribution < 1.29 is 27.5 Å². The van der Waals surface area contributed by atoms with Crippen molar-refractivity contribution in [2.24, 2.45) is 0 Å². The second kappa shape index (κ2) is 9.66. The average Bonchev–Trinajstić information content (AvgIpc) is 3.15. The summed E-state index contributed by atoms with van der Waals surface area (Å²) in [5.41, 5.74) is -1.37. The minimum absolute atomic E-state index is 0.0825. The zero-order chi connectivity index (χ0) is 24.5. The molecule has 0 bridgehead atoms. The number of benzene rings is 3. The largest absolute Gasteiger partial charge is 0.443 e. The first-order chi connectivity index (χ1) is 16.1. The molecular weight excluding hydrogens is 510 g/mol. The molecule has 0 aliphatic rings. The van der Waals surface area contributed by atoms with Gasteiger partial charge >= 0.3 is 12.1 Å². The molecule has 0 aliphatic carbocycles. The molecule has 0 spiro atoms. The van der Waals surface area contributed by atoms with Crippen LogP contribution in [0.15, 0.2) is 72.8 Å². The number of ether oxygens (including phenoxy) is 1. The third kappa shape index (κ3) is 5.04. The Kier molecular flexibility index (Phi) is 6.84. The summed E-state index contributed by atoms with van der Waals surface area (Å²) in [4.78, 5) is 26.1. The number of carbonyl (C=O) groups is 2. The monoisotopic (exact) mass is 523 g/mol. The van der Waals surface area contributed by atoms with E-state index in [0.717, 1.165) is 22.1 Å². The van der Waals surface area contributed by atoms with E-state index in [0.29, 0.717) is 11.5 Å². The molecule has 0 unspecified atom stereocenters. The van der Waals surface area contributed by atoms with E-state index >= 15 is 0 Å². The Morgan fingerprint density at radius 2 is 1.62 bits per heavy atom. The molecule has 1 amide bonds. The maximum atomic E-state index is 13.5. The maximum absolute atomic E-state index is 13.5. The lowest BCUT2D eigenvalue weighted by Gasteiger charge is -2.20. The number of hydrogen-bond donors (Lipinski definition) is 1. The number of anilines is 1. The highest BCUT2D eigenvalue weighted by molar-refractivity contribution is 7.21. The van der Waals surface area contributed by atoms with Crippen molar-refractivity contribution in [3.8, 4) is 0 Å². The number of fused-ring (bicyclic) bond motifs is 1. The van der Waals surface area contributed by atoms with Crippen LogP contribution in [0.5, 0.6) is 0 Å². The molecule has 0 radical (unpaired) electrons. The van der Waals surface area contributed by atoms with Gasteiger partial charge in [0.2, 0.25) is 6.10 Å². The van der Waals surface area contributed by atoms with Gasteiger partial charge in [-0.2, -0.15) is 13.2 Å². The van der Waals surface area contributed by atoms with E-state index in [1.54, 1.807) is 42.5 Å². The van der Waals surface area contributed by atoms with Gasteiger partial charge in [0.1, 0.15) is 4.88 Å². The number of rotatable bonds is 5. The van der Waals surface area contributed by atoms with Crippen LogP contribution in [0.4, 0.5) is 18.9 Å². The van der Waals surface area contributed by atoms with Crippen molar-refractivity contribution in [2.45, 2.75) is 12.3 Å². The highest BCUT2D eigenvalue weighted by Gasteiger charge is 2.35. The molecule has 4 nitrogen and oxygen atoms in total. The Morgan fingerprint density at radius 1 is 0.941 bits per heavy atom. The fourth-order valence-corrected chi connectivity index (χ4v) is 4.83. The van der Waals surface area contributed by atoms with Crippen LogP contribution in [0.2, 0.25) is 10.0 Å². The summed E-state index contributed by atoms with van der Waals surface area (Å²) in [7, 11) is 0. The molecule has 3 aromatic carbocycles. The molecule has 0 saturated carbocycles. The fraction of sp³-hybridized carbons (Fsp3) is 0.0833. The van der Waals surface area contributed by atoms with Gasteiger partial charge in [0.15, 0.2) is 0 Å². The van der Waals surface area contributed by atoms with Crippen LogP contribution in [0.25, 0.3) is 10.1 Å². The van der Waals surface area contributed by atoms with Crippen molar-refractivity contribution in [3.05, 3.63) is 98.8 Å². The summed E-state index contributed by atoms with van der Waals surface area (Å²) >= 11 is 13.1. The van der Waals surface area contributed by atoms with E-state index in [2.05, 4.69) is 5.32 Å². The van der Waals surface area contributed by atoms with Crippen molar-refractivity contribution in [1.29, 1.82) is 0 Å². The van der Waals surface area contributed by atoms with Gasteiger partial charge in [-0.3, -0.25) is 4.79 Å². The number of halogens is 5. The normalized spacial score (nSPS) is 12.4. The van der Waals surface area contributed by atoms with Crippen LogP contribution in [0.3, 0.4) is 0 Å². The first kappa shape index (κ1) is 24.1. The van der Waals surface area contributed by atoms with E-state index in [1.165, 1.54) is 18.2 Å². The van der Waals surface area contributed by atoms with E-state index in [-0.39, 0.29) is 20.5 Å². The number of amides is 1. The highest BCUT2D eigenvalue weighted by Crippen LogP contribution is 2.38. The molecule has 4 rings (SSSR count). The summed E-state index contributed by atoms with van der Waals surface area (Å²) in [6, 6.07) is 18.0. The molecule has 1 atom stereocenters. The van der Waals surface area contributed by atoms with Gasteiger partial charge < -0.3 is 10.1 Å². The summed E-state index contributed by atoms with van der Waals surface area (Å²) in [5.74, 6) is -1.84. The molecular formula is C24H14Cl2F3NO3S. The molecule has 174 valence electrons. The standard InChI is InChI=1S/C24H14Cl2F3NO3S/c25-14-10-11-17(16(12-14)24(27,28)29)30-22(31)20(13-6-2-1-3-7-13)33-23(32)21-19(26)15-8-4-5-9-18(15)34-21/h1-12,20H,(H,30,31)/t20-/m0/s1. The molecule has 0 aliphatic heterocycles. The Morgan fingerprint density at radius 3 is 2.29 bits per heavy atom. The van der Waals surface area contributed by atoms with E-state index in [4.69, 9.17) is 27.9 Å². The predicted octanol–water partition coefficient (Wildman–Crippen LogP) is 7.76. The van der Waals surface area contributed by atoms with Crippen LogP contribution in [0.1, 0.15) is 26.9 Å². The van der Waals surface area contributed by atoms with Gasteiger partial charge in [0, 0.05) is 20.7 Å². The Bertz CT molecular complexity index is 1370. The highest BCUT2D eigenvalue weighted by atomic mass is 35.5. The summed E-state index contributed by atoms with van der Waals surface area (Å²) < 4.78 is 46.6. The zero-order valence-electron chi connectivity index (χ0n) is 17.0. The van der Waals surface area contributed by atoms with Gasteiger partial charge in [-0.05, 0) is 24.3 Å². The van der Waals surface area contributed by atoms with E-state index < -0.39 is 35.4 Å².